The Hall–Kier alpha value is -1.06. The van der Waals surface area contributed by atoms with Gasteiger partial charge in [0.1, 0.15) is 12.4 Å². The summed E-state index contributed by atoms with van der Waals surface area (Å²) < 4.78 is 6.03. The third kappa shape index (κ3) is 4.50. The number of benzene rings is 1. The SMILES string of the molecule is CCNC(C)(CO)COc1cc(C)ccc1C(C)(C)C. The molecule has 0 heterocycles. The van der Waals surface area contributed by atoms with E-state index in [4.69, 9.17) is 4.74 Å². The van der Waals surface area contributed by atoms with Crippen LogP contribution in [-0.2, 0) is 5.41 Å². The van der Waals surface area contributed by atoms with Gasteiger partial charge in [-0.3, -0.25) is 0 Å². The number of nitrogens with one attached hydrogen (secondary N) is 1. The van der Waals surface area contributed by atoms with Gasteiger partial charge in [-0.1, -0.05) is 39.8 Å². The average molecular weight is 279 g/mol. The standard InChI is InChI=1S/C17H29NO2/c1-7-18-17(6,11-19)12-20-15-10-13(2)8-9-14(15)16(3,4)5/h8-10,18-19H,7,11-12H2,1-6H3. The number of aliphatic hydroxyl groups is 1. The molecule has 0 bridgehead atoms. The zero-order valence-corrected chi connectivity index (χ0v) is 13.7. The molecule has 0 saturated heterocycles. The minimum Gasteiger partial charge on any atom is -0.491 e. The highest BCUT2D eigenvalue weighted by Crippen LogP contribution is 2.32. The summed E-state index contributed by atoms with van der Waals surface area (Å²) in [4.78, 5) is 0. The first kappa shape index (κ1) is 17.0. The number of ether oxygens (including phenoxy) is 1. The van der Waals surface area contributed by atoms with Crippen LogP contribution in [0.3, 0.4) is 0 Å². The lowest BCUT2D eigenvalue weighted by Gasteiger charge is -2.30. The van der Waals surface area contributed by atoms with E-state index in [2.05, 4.69) is 51.2 Å². The summed E-state index contributed by atoms with van der Waals surface area (Å²) >= 11 is 0. The summed E-state index contributed by atoms with van der Waals surface area (Å²) in [6, 6.07) is 6.32. The van der Waals surface area contributed by atoms with Gasteiger partial charge in [-0.25, -0.2) is 0 Å². The lowest BCUT2D eigenvalue weighted by molar-refractivity contribution is 0.116. The van der Waals surface area contributed by atoms with Crippen molar-refractivity contribution in [3.05, 3.63) is 29.3 Å². The van der Waals surface area contributed by atoms with Crippen LogP contribution in [-0.4, -0.2) is 30.4 Å². The van der Waals surface area contributed by atoms with E-state index in [9.17, 15) is 5.11 Å². The van der Waals surface area contributed by atoms with Crippen LogP contribution in [0.5, 0.6) is 5.75 Å². The Morgan fingerprint density at radius 2 is 1.85 bits per heavy atom. The number of rotatable bonds is 6. The van der Waals surface area contributed by atoms with Crippen LogP contribution in [0.15, 0.2) is 18.2 Å². The summed E-state index contributed by atoms with van der Waals surface area (Å²) in [6.45, 7) is 13.9. The first-order valence-electron chi connectivity index (χ1n) is 7.31. The predicted molar refractivity (Wildman–Crippen MR) is 84.5 cm³/mol. The molecule has 1 aromatic rings. The Kier molecular flexibility index (Phi) is 5.60. The molecule has 3 heteroatoms. The second-order valence-electron chi connectivity index (χ2n) is 6.79. The van der Waals surface area contributed by atoms with Crippen molar-refractivity contribution < 1.29 is 9.84 Å². The maximum Gasteiger partial charge on any atom is 0.123 e. The quantitative estimate of drug-likeness (QED) is 0.841. The second kappa shape index (κ2) is 6.59. The molecule has 0 amide bonds. The zero-order valence-electron chi connectivity index (χ0n) is 13.7. The molecule has 114 valence electrons. The summed E-state index contributed by atoms with van der Waals surface area (Å²) in [7, 11) is 0. The molecule has 0 aliphatic carbocycles. The highest BCUT2D eigenvalue weighted by molar-refractivity contribution is 5.41. The van der Waals surface area contributed by atoms with Crippen LogP contribution < -0.4 is 10.1 Å². The van der Waals surface area contributed by atoms with Crippen LogP contribution in [0.25, 0.3) is 0 Å². The van der Waals surface area contributed by atoms with Crippen molar-refractivity contribution in [2.45, 2.75) is 52.5 Å². The van der Waals surface area contributed by atoms with Crippen molar-refractivity contribution in [3.63, 3.8) is 0 Å². The highest BCUT2D eigenvalue weighted by atomic mass is 16.5. The fourth-order valence-corrected chi connectivity index (χ4v) is 2.18. The van der Waals surface area contributed by atoms with Gasteiger partial charge in [-0.2, -0.15) is 0 Å². The summed E-state index contributed by atoms with van der Waals surface area (Å²) in [5.41, 5.74) is 2.01. The Labute approximate surface area is 123 Å². The van der Waals surface area contributed by atoms with Crippen molar-refractivity contribution in [2.24, 2.45) is 0 Å². The zero-order chi connectivity index (χ0) is 15.4. The molecular weight excluding hydrogens is 250 g/mol. The van der Waals surface area contributed by atoms with E-state index in [0.29, 0.717) is 6.61 Å². The molecule has 0 spiro atoms. The maximum atomic E-state index is 9.54. The molecular formula is C17H29NO2. The van der Waals surface area contributed by atoms with Gasteiger partial charge in [-0.15, -0.1) is 0 Å². The van der Waals surface area contributed by atoms with E-state index in [1.165, 1.54) is 11.1 Å². The summed E-state index contributed by atoms with van der Waals surface area (Å²) in [5, 5.41) is 12.8. The van der Waals surface area contributed by atoms with Gasteiger partial charge >= 0.3 is 0 Å². The molecule has 1 rings (SSSR count). The van der Waals surface area contributed by atoms with Crippen LogP contribution in [0.1, 0.15) is 45.7 Å². The number of hydrogen-bond donors (Lipinski definition) is 2. The van der Waals surface area contributed by atoms with Crippen LogP contribution in [0.2, 0.25) is 0 Å². The Bertz CT molecular complexity index is 437. The topological polar surface area (TPSA) is 41.5 Å². The van der Waals surface area contributed by atoms with Crippen LogP contribution in [0.4, 0.5) is 0 Å². The predicted octanol–water partition coefficient (Wildman–Crippen LogP) is 3.03. The molecule has 2 N–H and O–H groups in total. The van der Waals surface area contributed by atoms with Gasteiger partial charge in [-0.05, 0) is 43.0 Å². The molecule has 1 atom stereocenters. The monoisotopic (exact) mass is 279 g/mol. The summed E-state index contributed by atoms with van der Waals surface area (Å²) in [6.07, 6.45) is 0. The first-order chi connectivity index (χ1) is 9.22. The maximum absolute atomic E-state index is 9.54. The van der Waals surface area contributed by atoms with Gasteiger partial charge in [0.15, 0.2) is 0 Å². The van der Waals surface area contributed by atoms with Crippen molar-refractivity contribution in [1.29, 1.82) is 0 Å². The van der Waals surface area contributed by atoms with Crippen molar-refractivity contribution in [1.82, 2.24) is 5.32 Å². The largest absolute Gasteiger partial charge is 0.491 e. The normalized spacial score (nSPS) is 14.9. The Morgan fingerprint density at radius 3 is 2.35 bits per heavy atom. The van der Waals surface area contributed by atoms with E-state index in [1.807, 2.05) is 13.8 Å². The van der Waals surface area contributed by atoms with E-state index in [0.717, 1.165) is 12.3 Å². The third-order valence-electron chi connectivity index (χ3n) is 3.44. The molecule has 3 nitrogen and oxygen atoms in total. The van der Waals surface area contributed by atoms with Crippen LogP contribution >= 0.6 is 0 Å². The summed E-state index contributed by atoms with van der Waals surface area (Å²) in [5.74, 6) is 0.912. The lowest BCUT2D eigenvalue weighted by atomic mass is 9.86. The van der Waals surface area contributed by atoms with Crippen LogP contribution in [0, 0.1) is 6.92 Å². The second-order valence-corrected chi connectivity index (χ2v) is 6.79. The fourth-order valence-electron chi connectivity index (χ4n) is 2.18. The van der Waals surface area contributed by atoms with Crippen molar-refractivity contribution >= 4 is 0 Å². The highest BCUT2D eigenvalue weighted by Gasteiger charge is 2.25. The molecule has 0 radical (unpaired) electrons. The van der Waals surface area contributed by atoms with E-state index in [-0.39, 0.29) is 12.0 Å². The van der Waals surface area contributed by atoms with Crippen molar-refractivity contribution in [2.75, 3.05) is 19.8 Å². The molecule has 0 fully saturated rings. The molecule has 1 unspecified atom stereocenters. The molecule has 1 aromatic carbocycles. The van der Waals surface area contributed by atoms with E-state index >= 15 is 0 Å². The number of hydrogen-bond acceptors (Lipinski definition) is 3. The molecule has 0 saturated carbocycles. The van der Waals surface area contributed by atoms with Gasteiger partial charge in [0, 0.05) is 0 Å². The molecule has 20 heavy (non-hydrogen) atoms. The molecule has 0 aliphatic rings. The first-order valence-corrected chi connectivity index (χ1v) is 7.31. The minimum atomic E-state index is -0.409. The van der Waals surface area contributed by atoms with Gasteiger partial charge < -0.3 is 15.2 Å². The van der Waals surface area contributed by atoms with Crippen molar-refractivity contribution in [3.8, 4) is 5.75 Å². The van der Waals surface area contributed by atoms with E-state index < -0.39 is 5.54 Å². The third-order valence-corrected chi connectivity index (χ3v) is 3.44. The van der Waals surface area contributed by atoms with Gasteiger partial charge in [0.25, 0.3) is 0 Å². The minimum absolute atomic E-state index is 0.0385. The molecule has 0 aromatic heterocycles. The number of aryl methyl sites for hydroxylation is 1. The Morgan fingerprint density at radius 1 is 1.20 bits per heavy atom. The Balaban J connectivity index is 2.94. The van der Waals surface area contributed by atoms with E-state index in [1.54, 1.807) is 0 Å². The number of likely N-dealkylation sites (N-methyl/N-ethyl adjacent to an activating group) is 1. The van der Waals surface area contributed by atoms with Gasteiger partial charge in [0.2, 0.25) is 0 Å². The molecule has 0 aliphatic heterocycles. The number of aliphatic hydroxyl groups excluding tert-OH is 1. The van der Waals surface area contributed by atoms with Gasteiger partial charge in [0.05, 0.1) is 12.1 Å². The lowest BCUT2D eigenvalue weighted by Crippen LogP contribution is -2.50. The fraction of sp³-hybridized carbons (Fsp3) is 0.647. The smallest absolute Gasteiger partial charge is 0.123 e. The average Bonchev–Trinajstić information content (AvgIpc) is 2.35.